The van der Waals surface area contributed by atoms with Crippen molar-refractivity contribution in [3.63, 3.8) is 0 Å². The van der Waals surface area contributed by atoms with Crippen molar-refractivity contribution in [2.24, 2.45) is 5.92 Å². The molecule has 100 valence electrons. The summed E-state index contributed by atoms with van der Waals surface area (Å²) >= 11 is 0. The second-order valence-electron chi connectivity index (χ2n) is 5.70. The van der Waals surface area contributed by atoms with Crippen molar-refractivity contribution >= 4 is 9.04 Å². The molecule has 0 aromatic rings. The van der Waals surface area contributed by atoms with Crippen LogP contribution in [-0.4, -0.2) is 27.9 Å². The van der Waals surface area contributed by atoms with Gasteiger partial charge in [-0.1, -0.05) is 26.7 Å². The van der Waals surface area contributed by atoms with E-state index in [9.17, 15) is 0 Å². The van der Waals surface area contributed by atoms with Crippen LogP contribution < -0.4 is 0 Å². The summed E-state index contributed by atoms with van der Waals surface area (Å²) in [5, 5.41) is 0. The van der Waals surface area contributed by atoms with Crippen LogP contribution in [0.15, 0.2) is 0 Å². The van der Waals surface area contributed by atoms with E-state index >= 15 is 0 Å². The lowest BCUT2D eigenvalue weighted by atomic mass is 9.86. The van der Waals surface area contributed by atoms with Gasteiger partial charge in [-0.25, -0.2) is 0 Å². The monoisotopic (exact) mass is 256 g/mol. The van der Waals surface area contributed by atoms with Gasteiger partial charge in [0.2, 0.25) is 0 Å². The molecule has 1 aliphatic carbocycles. The predicted octanol–water partition coefficient (Wildman–Crippen LogP) is 3.50. The molecule has 1 aliphatic heterocycles. The molecule has 0 spiro atoms. The summed E-state index contributed by atoms with van der Waals surface area (Å²) in [5.74, 6) is 0.948. The molecule has 0 radical (unpaired) electrons. The van der Waals surface area contributed by atoms with Gasteiger partial charge < -0.3 is 9.16 Å². The van der Waals surface area contributed by atoms with E-state index in [0.29, 0.717) is 12.2 Å². The number of rotatable bonds is 8. The van der Waals surface area contributed by atoms with Gasteiger partial charge in [0.05, 0.1) is 12.2 Å². The number of unbranched alkanes of at least 4 members (excludes halogenated alkanes) is 1. The van der Waals surface area contributed by atoms with Crippen molar-refractivity contribution in [3.05, 3.63) is 0 Å². The Morgan fingerprint density at radius 2 is 1.94 bits per heavy atom. The average molecular weight is 256 g/mol. The molecule has 2 nitrogen and oxygen atoms in total. The molecule has 2 rings (SSSR count). The number of fused-ring (bicyclic) bond motifs is 1. The second-order valence-corrected chi connectivity index (χ2v) is 8.91. The van der Waals surface area contributed by atoms with Gasteiger partial charge in [0, 0.05) is 6.61 Å². The number of hydrogen-bond acceptors (Lipinski definition) is 2. The fraction of sp³-hybridized carbons (Fsp3) is 1.00. The molecule has 3 heteroatoms. The predicted molar refractivity (Wildman–Crippen MR) is 73.9 cm³/mol. The standard InChI is InChI=1S/C14H28O2Si/c1-3-17(4-2)15-10-6-5-7-12-8-9-13-14(11-12)16-13/h12-14,17H,3-11H2,1-2H3. The zero-order valence-electron chi connectivity index (χ0n) is 11.5. The van der Waals surface area contributed by atoms with E-state index in [2.05, 4.69) is 13.8 Å². The van der Waals surface area contributed by atoms with E-state index in [4.69, 9.17) is 9.16 Å². The van der Waals surface area contributed by atoms with E-state index in [1.54, 1.807) is 0 Å². The summed E-state index contributed by atoms with van der Waals surface area (Å²) in [6.45, 7) is 5.57. The molecular weight excluding hydrogens is 228 g/mol. The van der Waals surface area contributed by atoms with Crippen LogP contribution in [0.25, 0.3) is 0 Å². The molecule has 0 bridgehead atoms. The first-order valence-corrected chi connectivity index (χ1v) is 9.71. The lowest BCUT2D eigenvalue weighted by molar-refractivity contribution is 0.289. The Kier molecular flexibility index (Phi) is 5.51. The van der Waals surface area contributed by atoms with Crippen LogP contribution >= 0.6 is 0 Å². The van der Waals surface area contributed by atoms with Crippen LogP contribution in [0, 0.1) is 5.92 Å². The Morgan fingerprint density at radius 3 is 2.65 bits per heavy atom. The molecule has 1 saturated heterocycles. The van der Waals surface area contributed by atoms with Crippen molar-refractivity contribution in [2.75, 3.05) is 6.61 Å². The van der Waals surface area contributed by atoms with Crippen LogP contribution in [0.4, 0.5) is 0 Å². The zero-order chi connectivity index (χ0) is 12.1. The first kappa shape index (κ1) is 13.6. The minimum Gasteiger partial charge on any atom is -0.420 e. The van der Waals surface area contributed by atoms with Gasteiger partial charge in [0.25, 0.3) is 0 Å². The summed E-state index contributed by atoms with van der Waals surface area (Å²) < 4.78 is 11.6. The van der Waals surface area contributed by atoms with E-state index in [1.807, 2.05) is 0 Å². The van der Waals surface area contributed by atoms with Gasteiger partial charge in [-0.2, -0.15) is 0 Å². The lowest BCUT2D eigenvalue weighted by Gasteiger charge is -2.18. The molecule has 3 atom stereocenters. The fourth-order valence-corrected chi connectivity index (χ4v) is 4.61. The van der Waals surface area contributed by atoms with E-state index in [1.165, 1.54) is 50.6 Å². The minimum atomic E-state index is -0.792. The molecule has 1 heterocycles. The Labute approximate surface area is 108 Å². The molecular formula is C14H28O2Si. The molecule has 0 aromatic heterocycles. The highest BCUT2D eigenvalue weighted by Crippen LogP contribution is 2.40. The van der Waals surface area contributed by atoms with Crippen molar-refractivity contribution in [1.82, 2.24) is 0 Å². The number of ether oxygens (including phenoxy) is 1. The normalized spacial score (nSPS) is 31.6. The Morgan fingerprint density at radius 1 is 1.12 bits per heavy atom. The van der Waals surface area contributed by atoms with Crippen molar-refractivity contribution in [1.29, 1.82) is 0 Å². The highest BCUT2D eigenvalue weighted by atomic mass is 28.3. The van der Waals surface area contributed by atoms with Crippen LogP contribution in [0.5, 0.6) is 0 Å². The van der Waals surface area contributed by atoms with Crippen LogP contribution in [0.3, 0.4) is 0 Å². The highest BCUT2D eigenvalue weighted by Gasteiger charge is 2.43. The smallest absolute Gasteiger partial charge is 0.176 e. The number of epoxide rings is 1. The van der Waals surface area contributed by atoms with Gasteiger partial charge in [0.1, 0.15) is 0 Å². The van der Waals surface area contributed by atoms with Gasteiger partial charge in [-0.15, -0.1) is 0 Å². The summed E-state index contributed by atoms with van der Waals surface area (Å²) in [5.41, 5.74) is 0. The Hall–Kier alpha value is 0.137. The largest absolute Gasteiger partial charge is 0.420 e. The fourth-order valence-electron chi connectivity index (χ4n) is 3.06. The maximum Gasteiger partial charge on any atom is 0.176 e. The zero-order valence-corrected chi connectivity index (χ0v) is 12.6. The third-order valence-corrected chi connectivity index (χ3v) is 6.91. The first-order valence-electron chi connectivity index (χ1n) is 7.60. The minimum absolute atomic E-state index is 0.655. The van der Waals surface area contributed by atoms with Crippen LogP contribution in [-0.2, 0) is 9.16 Å². The molecule has 17 heavy (non-hydrogen) atoms. The van der Waals surface area contributed by atoms with Crippen LogP contribution in [0.1, 0.15) is 52.4 Å². The summed E-state index contributed by atoms with van der Waals surface area (Å²) in [6.07, 6.45) is 9.42. The molecule has 0 aromatic carbocycles. The molecule has 3 unspecified atom stereocenters. The Balaban J connectivity index is 1.45. The van der Waals surface area contributed by atoms with Crippen LogP contribution in [0.2, 0.25) is 12.1 Å². The molecule has 2 fully saturated rings. The van der Waals surface area contributed by atoms with E-state index in [-0.39, 0.29) is 0 Å². The van der Waals surface area contributed by atoms with E-state index in [0.717, 1.165) is 12.5 Å². The number of hydrogen-bond donors (Lipinski definition) is 0. The first-order chi connectivity index (χ1) is 8.33. The molecule has 2 aliphatic rings. The lowest BCUT2D eigenvalue weighted by Crippen LogP contribution is -2.16. The van der Waals surface area contributed by atoms with Gasteiger partial charge in [0.15, 0.2) is 9.04 Å². The summed E-state index contributed by atoms with van der Waals surface area (Å²) in [4.78, 5) is 0. The SMILES string of the molecule is CC[SiH](CC)OCCCCC1CCC2OC2C1. The van der Waals surface area contributed by atoms with Crippen molar-refractivity contribution < 1.29 is 9.16 Å². The second kappa shape index (κ2) is 6.91. The Bertz CT molecular complexity index is 218. The third kappa shape index (κ3) is 4.38. The maximum absolute atomic E-state index is 5.97. The molecule has 0 amide bonds. The topological polar surface area (TPSA) is 21.8 Å². The highest BCUT2D eigenvalue weighted by molar-refractivity contribution is 6.51. The molecule has 0 N–H and O–H groups in total. The van der Waals surface area contributed by atoms with E-state index < -0.39 is 9.04 Å². The quantitative estimate of drug-likeness (QED) is 0.377. The summed E-state index contributed by atoms with van der Waals surface area (Å²) in [7, 11) is -0.792. The van der Waals surface area contributed by atoms with Gasteiger partial charge in [-0.05, 0) is 43.7 Å². The van der Waals surface area contributed by atoms with Gasteiger partial charge in [-0.3, -0.25) is 0 Å². The summed E-state index contributed by atoms with van der Waals surface area (Å²) in [6, 6.07) is 2.58. The maximum atomic E-state index is 5.97. The van der Waals surface area contributed by atoms with Gasteiger partial charge >= 0.3 is 0 Å². The van der Waals surface area contributed by atoms with Crippen molar-refractivity contribution in [3.8, 4) is 0 Å². The molecule has 1 saturated carbocycles. The average Bonchev–Trinajstić information content (AvgIpc) is 3.12. The van der Waals surface area contributed by atoms with Crippen molar-refractivity contribution in [2.45, 2.75) is 76.7 Å². The third-order valence-electron chi connectivity index (χ3n) is 4.38.